The second-order valence-electron chi connectivity index (χ2n) is 5.45. The predicted molar refractivity (Wildman–Crippen MR) is 85.8 cm³/mol. The van der Waals surface area contributed by atoms with Crippen molar-refractivity contribution in [3.05, 3.63) is 47.9 Å². The second kappa shape index (κ2) is 6.64. The normalized spacial score (nSPS) is 17.1. The number of nitrogens with zero attached hydrogens (tertiary/aromatic N) is 3. The number of hydrogen-bond donors (Lipinski definition) is 0. The Hall–Kier alpha value is -2.63. The van der Waals surface area contributed by atoms with Crippen molar-refractivity contribution in [3.63, 3.8) is 0 Å². The van der Waals surface area contributed by atoms with Gasteiger partial charge in [0.2, 0.25) is 0 Å². The third kappa shape index (κ3) is 3.41. The number of pyridine rings is 2. The molecular weight excluding hydrogens is 294 g/mol. The van der Waals surface area contributed by atoms with Crippen LogP contribution >= 0.6 is 0 Å². The van der Waals surface area contributed by atoms with Gasteiger partial charge in [0.1, 0.15) is 17.7 Å². The number of ether oxygens (including phenoxy) is 2. The van der Waals surface area contributed by atoms with Crippen LogP contribution in [0.15, 0.2) is 36.7 Å². The number of anilines is 1. The van der Waals surface area contributed by atoms with E-state index in [1.54, 1.807) is 18.5 Å². The molecule has 1 unspecified atom stereocenters. The van der Waals surface area contributed by atoms with Crippen molar-refractivity contribution in [2.75, 3.05) is 25.1 Å². The number of carbonyl (C=O) groups excluding carboxylic acids is 1. The Morgan fingerprint density at radius 3 is 2.74 bits per heavy atom. The van der Waals surface area contributed by atoms with Crippen LogP contribution < -0.4 is 9.64 Å². The molecule has 0 N–H and O–H groups in total. The summed E-state index contributed by atoms with van der Waals surface area (Å²) < 4.78 is 10.7. The summed E-state index contributed by atoms with van der Waals surface area (Å²) in [5, 5.41) is 0. The zero-order valence-corrected chi connectivity index (χ0v) is 13.2. The van der Waals surface area contributed by atoms with E-state index < -0.39 is 0 Å². The van der Waals surface area contributed by atoms with E-state index in [9.17, 15) is 4.79 Å². The number of esters is 1. The van der Waals surface area contributed by atoms with E-state index in [-0.39, 0.29) is 12.1 Å². The van der Waals surface area contributed by atoms with Crippen molar-refractivity contribution in [3.8, 4) is 5.75 Å². The molecule has 0 bridgehead atoms. The first-order valence-corrected chi connectivity index (χ1v) is 7.55. The monoisotopic (exact) mass is 313 g/mol. The maximum Gasteiger partial charge on any atom is 0.339 e. The minimum atomic E-state index is -0.359. The highest BCUT2D eigenvalue weighted by Crippen LogP contribution is 2.23. The van der Waals surface area contributed by atoms with Crippen LogP contribution in [-0.4, -0.2) is 42.2 Å². The Labute approximate surface area is 135 Å². The molecule has 0 saturated carbocycles. The minimum absolute atomic E-state index is 0.125. The zero-order valence-electron chi connectivity index (χ0n) is 13.2. The Kier molecular flexibility index (Phi) is 4.41. The van der Waals surface area contributed by atoms with E-state index in [0.717, 1.165) is 31.1 Å². The lowest BCUT2D eigenvalue weighted by atomic mass is 10.2. The van der Waals surface area contributed by atoms with Gasteiger partial charge in [-0.1, -0.05) is 0 Å². The van der Waals surface area contributed by atoms with Crippen LogP contribution in [0.5, 0.6) is 5.75 Å². The molecule has 0 radical (unpaired) electrons. The molecule has 0 aliphatic carbocycles. The summed E-state index contributed by atoms with van der Waals surface area (Å²) >= 11 is 0. The van der Waals surface area contributed by atoms with Crippen LogP contribution in [-0.2, 0) is 4.74 Å². The highest BCUT2D eigenvalue weighted by molar-refractivity contribution is 5.90. The lowest BCUT2D eigenvalue weighted by Gasteiger charge is -2.19. The van der Waals surface area contributed by atoms with Crippen LogP contribution in [0.25, 0.3) is 0 Å². The molecule has 0 aromatic carbocycles. The molecule has 2 aromatic rings. The first kappa shape index (κ1) is 15.3. The van der Waals surface area contributed by atoms with Gasteiger partial charge in [0, 0.05) is 25.4 Å². The maximum atomic E-state index is 11.6. The SMILES string of the molecule is COC(=O)c1ccc(N2CCC(Oc3ccncc3)C2)nc1C. The zero-order chi connectivity index (χ0) is 16.2. The molecular formula is C17H19N3O3. The molecule has 6 nitrogen and oxygen atoms in total. The molecule has 6 heteroatoms. The van der Waals surface area contributed by atoms with E-state index in [0.29, 0.717) is 11.3 Å². The smallest absolute Gasteiger partial charge is 0.339 e. The fraction of sp³-hybridized carbons (Fsp3) is 0.353. The summed E-state index contributed by atoms with van der Waals surface area (Å²) in [4.78, 5) is 22.3. The second-order valence-corrected chi connectivity index (χ2v) is 5.45. The summed E-state index contributed by atoms with van der Waals surface area (Å²) in [5.74, 6) is 1.33. The van der Waals surface area contributed by atoms with Crippen LogP contribution in [0.3, 0.4) is 0 Å². The number of hydrogen-bond acceptors (Lipinski definition) is 6. The van der Waals surface area contributed by atoms with E-state index >= 15 is 0 Å². The van der Waals surface area contributed by atoms with Gasteiger partial charge in [-0.25, -0.2) is 9.78 Å². The number of aryl methyl sites for hydroxylation is 1. The molecule has 3 rings (SSSR count). The highest BCUT2D eigenvalue weighted by Gasteiger charge is 2.25. The van der Waals surface area contributed by atoms with Crippen molar-refractivity contribution >= 4 is 11.8 Å². The fourth-order valence-electron chi connectivity index (χ4n) is 2.69. The topological polar surface area (TPSA) is 64.5 Å². The molecule has 1 aliphatic rings. The number of methoxy groups -OCH3 is 1. The molecule has 3 heterocycles. The summed E-state index contributed by atoms with van der Waals surface area (Å²) in [5.41, 5.74) is 1.17. The Morgan fingerprint density at radius 1 is 1.26 bits per heavy atom. The molecule has 23 heavy (non-hydrogen) atoms. The van der Waals surface area contributed by atoms with Gasteiger partial charge in [-0.05, 0) is 31.2 Å². The van der Waals surface area contributed by atoms with E-state index in [4.69, 9.17) is 9.47 Å². The molecule has 1 fully saturated rings. The van der Waals surface area contributed by atoms with E-state index in [1.807, 2.05) is 25.1 Å². The molecule has 2 aromatic heterocycles. The Bertz CT molecular complexity index is 691. The molecule has 1 aliphatic heterocycles. The summed E-state index contributed by atoms with van der Waals surface area (Å²) in [6, 6.07) is 7.33. The van der Waals surface area contributed by atoms with Crippen LogP contribution in [0.4, 0.5) is 5.82 Å². The predicted octanol–water partition coefficient (Wildman–Crippen LogP) is 2.23. The number of aromatic nitrogens is 2. The first-order valence-electron chi connectivity index (χ1n) is 7.55. The van der Waals surface area contributed by atoms with Gasteiger partial charge in [-0.3, -0.25) is 4.98 Å². The van der Waals surface area contributed by atoms with Crippen molar-refractivity contribution in [2.24, 2.45) is 0 Å². The van der Waals surface area contributed by atoms with E-state index in [1.165, 1.54) is 7.11 Å². The lowest BCUT2D eigenvalue weighted by molar-refractivity contribution is 0.0599. The standard InChI is InChI=1S/C17H19N3O3/c1-12-15(17(21)22-2)3-4-16(19-12)20-10-7-14(11-20)23-13-5-8-18-9-6-13/h3-6,8-9,14H,7,10-11H2,1-2H3. The van der Waals surface area contributed by atoms with Gasteiger partial charge < -0.3 is 14.4 Å². The van der Waals surface area contributed by atoms with Gasteiger partial charge in [-0.15, -0.1) is 0 Å². The average Bonchev–Trinajstić information content (AvgIpc) is 3.03. The summed E-state index contributed by atoms with van der Waals surface area (Å²) in [6.07, 6.45) is 4.50. The highest BCUT2D eigenvalue weighted by atomic mass is 16.5. The van der Waals surface area contributed by atoms with E-state index in [2.05, 4.69) is 14.9 Å². The third-order valence-corrected chi connectivity index (χ3v) is 3.90. The number of carbonyl (C=O) groups is 1. The largest absolute Gasteiger partial charge is 0.488 e. The third-order valence-electron chi connectivity index (χ3n) is 3.90. The molecule has 0 amide bonds. The number of rotatable bonds is 4. The lowest BCUT2D eigenvalue weighted by Crippen LogP contribution is -2.25. The minimum Gasteiger partial charge on any atom is -0.488 e. The molecule has 1 atom stereocenters. The van der Waals surface area contributed by atoms with Crippen molar-refractivity contribution < 1.29 is 14.3 Å². The quantitative estimate of drug-likeness (QED) is 0.807. The maximum absolute atomic E-state index is 11.6. The van der Waals surface area contributed by atoms with Crippen molar-refractivity contribution in [1.29, 1.82) is 0 Å². The van der Waals surface area contributed by atoms with Crippen molar-refractivity contribution in [2.45, 2.75) is 19.4 Å². The summed E-state index contributed by atoms with van der Waals surface area (Å²) in [6.45, 7) is 3.46. The molecule has 1 saturated heterocycles. The van der Waals surface area contributed by atoms with Gasteiger partial charge in [0.05, 0.1) is 24.9 Å². The fourth-order valence-corrected chi connectivity index (χ4v) is 2.69. The first-order chi connectivity index (χ1) is 11.2. The summed E-state index contributed by atoms with van der Waals surface area (Å²) in [7, 11) is 1.37. The van der Waals surface area contributed by atoms with Crippen LogP contribution in [0, 0.1) is 6.92 Å². The molecule has 0 spiro atoms. The van der Waals surface area contributed by atoms with Gasteiger partial charge >= 0.3 is 5.97 Å². The van der Waals surface area contributed by atoms with Gasteiger partial charge in [0.25, 0.3) is 0 Å². The Morgan fingerprint density at radius 2 is 2.04 bits per heavy atom. The van der Waals surface area contributed by atoms with Crippen LogP contribution in [0.1, 0.15) is 22.5 Å². The van der Waals surface area contributed by atoms with Crippen LogP contribution in [0.2, 0.25) is 0 Å². The average molecular weight is 313 g/mol. The van der Waals surface area contributed by atoms with Crippen molar-refractivity contribution in [1.82, 2.24) is 9.97 Å². The Balaban J connectivity index is 1.67. The molecule has 120 valence electrons. The van der Waals surface area contributed by atoms with Gasteiger partial charge in [-0.2, -0.15) is 0 Å². The van der Waals surface area contributed by atoms with Gasteiger partial charge in [0.15, 0.2) is 0 Å².